The molecule has 2 heterocycles. The summed E-state index contributed by atoms with van der Waals surface area (Å²) in [6.07, 6.45) is 4.50. The Kier molecular flexibility index (Phi) is 5.36. The van der Waals surface area contributed by atoms with Gasteiger partial charge in [0.05, 0.1) is 5.60 Å². The van der Waals surface area contributed by atoms with E-state index in [4.69, 9.17) is 0 Å². The van der Waals surface area contributed by atoms with Crippen LogP contribution in [0.1, 0.15) is 32.4 Å². The zero-order valence-corrected chi connectivity index (χ0v) is 15.0. The van der Waals surface area contributed by atoms with Gasteiger partial charge in [-0.1, -0.05) is 19.9 Å². The summed E-state index contributed by atoms with van der Waals surface area (Å²) in [4.78, 5) is 13.5. The zero-order chi connectivity index (χ0) is 17.0. The van der Waals surface area contributed by atoms with E-state index < -0.39 is 5.60 Å². The number of thioether (sulfide) groups is 1. The first-order valence-corrected chi connectivity index (χ1v) is 9.56. The molecule has 3 rings (SSSR count). The summed E-state index contributed by atoms with van der Waals surface area (Å²) < 4.78 is 0. The van der Waals surface area contributed by atoms with Crippen molar-refractivity contribution in [1.82, 2.24) is 15.0 Å². The summed E-state index contributed by atoms with van der Waals surface area (Å²) in [5, 5.41) is 14.4. The summed E-state index contributed by atoms with van der Waals surface area (Å²) >= 11 is 1.84. The molecule has 0 aromatic carbocycles. The van der Waals surface area contributed by atoms with Crippen molar-refractivity contribution < 1.29 is 5.11 Å². The Balaban J connectivity index is 1.76. The Bertz CT molecular complexity index is 682. The summed E-state index contributed by atoms with van der Waals surface area (Å²) in [6.45, 7) is 4.72. The van der Waals surface area contributed by atoms with Gasteiger partial charge in [-0.15, -0.1) is 0 Å². The van der Waals surface area contributed by atoms with Gasteiger partial charge < -0.3 is 10.4 Å². The van der Waals surface area contributed by atoms with E-state index in [9.17, 15) is 5.11 Å². The first-order chi connectivity index (χ1) is 11.6. The number of anilines is 1. The van der Waals surface area contributed by atoms with E-state index in [0.717, 1.165) is 42.2 Å². The second kappa shape index (κ2) is 7.49. The largest absolute Gasteiger partial charge is 0.387 e. The van der Waals surface area contributed by atoms with Crippen LogP contribution in [0, 0.1) is 0 Å². The smallest absolute Gasteiger partial charge is 0.180 e. The fraction of sp³-hybridized carbons (Fsp3) is 0.500. The monoisotopic (exact) mass is 344 g/mol. The average molecular weight is 344 g/mol. The number of nitrogens with zero attached hydrogens (tertiary/aromatic N) is 3. The molecule has 2 aromatic heterocycles. The average Bonchev–Trinajstić information content (AvgIpc) is 2.63. The molecule has 1 fully saturated rings. The Morgan fingerprint density at radius 1 is 1.33 bits per heavy atom. The number of nitrogens with one attached hydrogen (secondary N) is 1. The molecule has 0 amide bonds. The molecular formula is C18H24N4OS. The molecule has 2 unspecified atom stereocenters. The Labute approximate surface area is 147 Å². The van der Waals surface area contributed by atoms with Crippen molar-refractivity contribution in [2.24, 2.45) is 0 Å². The third-order valence-electron chi connectivity index (χ3n) is 4.42. The van der Waals surface area contributed by atoms with Gasteiger partial charge in [0.25, 0.3) is 0 Å². The molecule has 6 heteroatoms. The quantitative estimate of drug-likeness (QED) is 0.804. The van der Waals surface area contributed by atoms with E-state index in [1.165, 1.54) is 0 Å². The highest BCUT2D eigenvalue weighted by molar-refractivity contribution is 8.00. The lowest BCUT2D eigenvalue weighted by Crippen LogP contribution is -2.54. The molecule has 1 saturated carbocycles. The highest BCUT2D eigenvalue weighted by Crippen LogP contribution is 2.41. The summed E-state index contributed by atoms with van der Waals surface area (Å²) in [6, 6.07) is 7.67. The van der Waals surface area contributed by atoms with Crippen LogP contribution in [0.2, 0.25) is 0 Å². The summed E-state index contributed by atoms with van der Waals surface area (Å²) in [5.74, 6) is 2.41. The van der Waals surface area contributed by atoms with Crippen LogP contribution in [-0.4, -0.2) is 43.2 Å². The van der Waals surface area contributed by atoms with Crippen molar-refractivity contribution >= 4 is 17.6 Å². The number of hydrogen-bond donors (Lipinski definition) is 2. The molecule has 128 valence electrons. The molecule has 5 nitrogen and oxygen atoms in total. The molecule has 2 atom stereocenters. The van der Waals surface area contributed by atoms with Crippen molar-refractivity contribution in [2.45, 2.75) is 44.0 Å². The van der Waals surface area contributed by atoms with Crippen molar-refractivity contribution in [3.8, 4) is 11.5 Å². The maximum Gasteiger partial charge on any atom is 0.180 e. The van der Waals surface area contributed by atoms with Crippen LogP contribution in [0.5, 0.6) is 0 Å². The predicted molar refractivity (Wildman–Crippen MR) is 99.2 cm³/mol. The fourth-order valence-electron chi connectivity index (χ4n) is 2.86. The van der Waals surface area contributed by atoms with E-state index >= 15 is 0 Å². The third-order valence-corrected chi connectivity index (χ3v) is 5.83. The van der Waals surface area contributed by atoms with Crippen LogP contribution >= 0.6 is 11.8 Å². The van der Waals surface area contributed by atoms with Gasteiger partial charge in [-0.25, -0.2) is 9.97 Å². The van der Waals surface area contributed by atoms with Crippen molar-refractivity contribution in [3.05, 3.63) is 36.2 Å². The first-order valence-electron chi connectivity index (χ1n) is 8.52. The number of rotatable bonds is 7. The van der Waals surface area contributed by atoms with Crippen molar-refractivity contribution in [2.75, 3.05) is 17.6 Å². The predicted octanol–water partition coefficient (Wildman–Crippen LogP) is 3.16. The minimum atomic E-state index is -0.636. The van der Waals surface area contributed by atoms with Crippen LogP contribution in [0.15, 0.2) is 30.5 Å². The SMILES string of the molecule is CCSC1CCC1(O)CNc1cc(CC)nc(-c2ccccn2)n1. The molecular weight excluding hydrogens is 320 g/mol. The van der Waals surface area contributed by atoms with Gasteiger partial charge in [0, 0.05) is 29.8 Å². The minimum absolute atomic E-state index is 0.317. The van der Waals surface area contributed by atoms with Crippen molar-refractivity contribution in [3.63, 3.8) is 0 Å². The van der Waals surface area contributed by atoms with Gasteiger partial charge in [0.2, 0.25) is 0 Å². The Morgan fingerprint density at radius 3 is 2.83 bits per heavy atom. The Hall–Kier alpha value is -1.66. The van der Waals surface area contributed by atoms with Gasteiger partial charge in [-0.3, -0.25) is 4.98 Å². The Morgan fingerprint density at radius 2 is 2.21 bits per heavy atom. The number of pyridine rings is 1. The van der Waals surface area contributed by atoms with E-state index in [0.29, 0.717) is 17.6 Å². The highest BCUT2D eigenvalue weighted by Gasteiger charge is 2.45. The van der Waals surface area contributed by atoms with Crippen LogP contribution in [-0.2, 0) is 6.42 Å². The summed E-state index contributed by atoms with van der Waals surface area (Å²) in [7, 11) is 0. The lowest BCUT2D eigenvalue weighted by atomic mass is 9.79. The van der Waals surface area contributed by atoms with E-state index in [-0.39, 0.29) is 0 Å². The molecule has 0 saturated heterocycles. The third kappa shape index (κ3) is 3.70. The topological polar surface area (TPSA) is 70.9 Å². The molecule has 24 heavy (non-hydrogen) atoms. The maximum atomic E-state index is 10.7. The van der Waals surface area contributed by atoms with Crippen LogP contribution in [0.3, 0.4) is 0 Å². The molecule has 0 bridgehead atoms. The first kappa shape index (κ1) is 17.2. The van der Waals surface area contributed by atoms with E-state index in [1.807, 2.05) is 36.0 Å². The molecule has 0 aliphatic heterocycles. The number of aliphatic hydroxyl groups is 1. The number of hydrogen-bond acceptors (Lipinski definition) is 6. The van der Waals surface area contributed by atoms with Crippen LogP contribution in [0.25, 0.3) is 11.5 Å². The summed E-state index contributed by atoms with van der Waals surface area (Å²) in [5.41, 5.74) is 1.09. The molecule has 0 radical (unpaired) electrons. The second-order valence-electron chi connectivity index (χ2n) is 6.08. The molecule has 2 N–H and O–H groups in total. The van der Waals surface area contributed by atoms with Gasteiger partial charge in [-0.2, -0.15) is 11.8 Å². The maximum absolute atomic E-state index is 10.7. The zero-order valence-electron chi connectivity index (χ0n) is 14.2. The van der Waals surface area contributed by atoms with Gasteiger partial charge >= 0.3 is 0 Å². The van der Waals surface area contributed by atoms with Gasteiger partial charge in [-0.05, 0) is 37.1 Å². The van der Waals surface area contributed by atoms with E-state index in [1.54, 1.807) is 6.20 Å². The van der Waals surface area contributed by atoms with Crippen LogP contribution < -0.4 is 5.32 Å². The highest BCUT2D eigenvalue weighted by atomic mass is 32.2. The molecule has 0 spiro atoms. The van der Waals surface area contributed by atoms with Crippen LogP contribution in [0.4, 0.5) is 5.82 Å². The van der Waals surface area contributed by atoms with Gasteiger partial charge in [0.15, 0.2) is 5.82 Å². The normalized spacial score (nSPS) is 22.9. The standard InChI is InChI=1S/C18H24N4OS/c1-3-13-11-16(20-12-18(23)9-8-15(18)24-4-2)22-17(21-13)14-7-5-6-10-19-14/h5-7,10-11,15,23H,3-4,8-9,12H2,1-2H3,(H,20,21,22). The second-order valence-corrected chi connectivity index (χ2v) is 7.56. The molecule has 2 aromatic rings. The van der Waals surface area contributed by atoms with E-state index in [2.05, 4.69) is 34.1 Å². The molecule has 1 aliphatic rings. The van der Waals surface area contributed by atoms with Gasteiger partial charge in [0.1, 0.15) is 11.5 Å². The lowest BCUT2D eigenvalue weighted by molar-refractivity contribution is -0.0120. The number of aryl methyl sites for hydroxylation is 1. The number of aromatic nitrogens is 3. The molecule has 1 aliphatic carbocycles. The minimum Gasteiger partial charge on any atom is -0.387 e. The lowest BCUT2D eigenvalue weighted by Gasteiger charge is -2.45. The van der Waals surface area contributed by atoms with Crippen molar-refractivity contribution in [1.29, 1.82) is 0 Å². The fourth-order valence-corrected chi connectivity index (χ4v) is 4.06.